The molecule has 3 nitrogen and oxygen atoms in total. The molecule has 0 radical (unpaired) electrons. The summed E-state index contributed by atoms with van der Waals surface area (Å²) in [4.78, 5) is 12.7. The predicted molar refractivity (Wildman–Crippen MR) is 150 cm³/mol. The maximum atomic E-state index is 12.7. The van der Waals surface area contributed by atoms with Crippen LogP contribution in [0.1, 0.15) is 46.5 Å². The Balaban J connectivity index is 1.56. The van der Waals surface area contributed by atoms with E-state index < -0.39 is 12.9 Å². The lowest BCUT2D eigenvalue weighted by molar-refractivity contribution is -0.158. The van der Waals surface area contributed by atoms with Crippen LogP contribution in [0, 0.1) is 5.92 Å². The first kappa shape index (κ1) is 25.6. The molecule has 0 aromatic heterocycles. The van der Waals surface area contributed by atoms with Gasteiger partial charge in [-0.15, -0.1) is 0 Å². The van der Waals surface area contributed by atoms with Gasteiger partial charge in [-0.2, -0.15) is 0 Å². The molecular weight excluding hydrogens is 449 g/mol. The van der Waals surface area contributed by atoms with Crippen LogP contribution in [0.2, 0.25) is 0 Å². The maximum Gasteiger partial charge on any atom is 0.323 e. The number of hydrogen-bond acceptors (Lipinski definition) is 3. The molecule has 1 heterocycles. The van der Waals surface area contributed by atoms with Crippen LogP contribution >= 0.6 is 7.26 Å². The minimum atomic E-state index is -1.79. The van der Waals surface area contributed by atoms with E-state index in [0.717, 1.165) is 38.4 Å². The highest BCUT2D eigenvalue weighted by molar-refractivity contribution is 7.95. The van der Waals surface area contributed by atoms with Gasteiger partial charge in [-0.1, -0.05) is 54.6 Å². The van der Waals surface area contributed by atoms with Crippen LogP contribution in [-0.4, -0.2) is 30.3 Å². The van der Waals surface area contributed by atoms with Crippen molar-refractivity contribution >= 4 is 29.1 Å². The fourth-order valence-electron chi connectivity index (χ4n) is 5.31. The van der Waals surface area contributed by atoms with Gasteiger partial charge >= 0.3 is 5.97 Å². The molecule has 184 valence electrons. The Bertz CT molecular complexity index is 967. The molecular formula is C31H39NO2P+. The topological polar surface area (TPSA) is 38.3 Å². The SMILES string of the molecule is CC(C)(C)OC(=O)[C@@H]1CC(CCC[P+](c2ccccc2)(c2ccccc2)c2ccccc2)CCN1. The maximum absolute atomic E-state index is 12.7. The van der Waals surface area contributed by atoms with Gasteiger partial charge in [0.2, 0.25) is 0 Å². The van der Waals surface area contributed by atoms with Crippen LogP contribution < -0.4 is 21.2 Å². The van der Waals surface area contributed by atoms with Crippen LogP contribution in [0.3, 0.4) is 0 Å². The van der Waals surface area contributed by atoms with E-state index in [0.29, 0.717) is 5.92 Å². The van der Waals surface area contributed by atoms with E-state index in [1.165, 1.54) is 15.9 Å². The first-order chi connectivity index (χ1) is 16.9. The van der Waals surface area contributed by atoms with Gasteiger partial charge in [0.05, 0.1) is 6.16 Å². The van der Waals surface area contributed by atoms with Crippen LogP contribution in [0.5, 0.6) is 0 Å². The third-order valence-corrected chi connectivity index (χ3v) is 11.4. The van der Waals surface area contributed by atoms with Gasteiger partial charge in [-0.3, -0.25) is 4.79 Å². The van der Waals surface area contributed by atoms with Crippen molar-refractivity contribution in [2.75, 3.05) is 12.7 Å². The largest absolute Gasteiger partial charge is 0.459 e. The summed E-state index contributed by atoms with van der Waals surface area (Å²) >= 11 is 0. The Hall–Kier alpha value is -2.48. The number of hydrogen-bond donors (Lipinski definition) is 1. The van der Waals surface area contributed by atoms with Crippen LogP contribution in [0.4, 0.5) is 0 Å². The molecule has 1 N–H and O–H groups in total. The molecule has 1 unspecified atom stereocenters. The Kier molecular flexibility index (Phi) is 8.42. The molecule has 2 atom stereocenters. The normalized spacial score (nSPS) is 18.7. The van der Waals surface area contributed by atoms with Crippen molar-refractivity contribution < 1.29 is 9.53 Å². The molecule has 0 bridgehead atoms. The number of benzene rings is 3. The summed E-state index contributed by atoms with van der Waals surface area (Å²) in [5.41, 5.74) is -0.448. The second-order valence-corrected chi connectivity index (χ2v) is 14.2. The van der Waals surface area contributed by atoms with Gasteiger partial charge in [0, 0.05) is 0 Å². The molecule has 0 amide bonds. The highest BCUT2D eigenvalue weighted by Crippen LogP contribution is 2.56. The Morgan fingerprint density at radius 1 is 0.857 bits per heavy atom. The molecule has 0 aliphatic carbocycles. The van der Waals surface area contributed by atoms with E-state index in [2.05, 4.69) is 96.3 Å². The zero-order chi connectivity index (χ0) is 24.7. The molecule has 1 fully saturated rings. The number of piperidine rings is 1. The minimum Gasteiger partial charge on any atom is -0.459 e. The molecule has 3 aromatic carbocycles. The average Bonchev–Trinajstić information content (AvgIpc) is 2.87. The van der Waals surface area contributed by atoms with Gasteiger partial charge in [0.15, 0.2) is 0 Å². The average molecular weight is 489 g/mol. The van der Waals surface area contributed by atoms with Crippen molar-refractivity contribution in [3.8, 4) is 0 Å². The molecule has 3 aromatic rings. The smallest absolute Gasteiger partial charge is 0.323 e. The molecule has 1 aliphatic rings. The van der Waals surface area contributed by atoms with Crippen LogP contribution in [0.15, 0.2) is 91.0 Å². The molecule has 1 saturated heterocycles. The Morgan fingerprint density at radius 3 is 1.80 bits per heavy atom. The third-order valence-electron chi connectivity index (χ3n) is 6.90. The Morgan fingerprint density at radius 2 is 1.34 bits per heavy atom. The molecule has 4 rings (SSSR count). The van der Waals surface area contributed by atoms with Crippen molar-refractivity contribution in [3.63, 3.8) is 0 Å². The Labute approximate surface area is 211 Å². The summed E-state index contributed by atoms with van der Waals surface area (Å²) in [7, 11) is -1.79. The van der Waals surface area contributed by atoms with E-state index >= 15 is 0 Å². The second kappa shape index (κ2) is 11.5. The van der Waals surface area contributed by atoms with Crippen LogP contribution in [0.25, 0.3) is 0 Å². The summed E-state index contributed by atoms with van der Waals surface area (Å²) in [5.74, 6) is 0.430. The fourth-order valence-corrected chi connectivity index (χ4v) is 9.68. The first-order valence-corrected chi connectivity index (χ1v) is 14.9. The minimum absolute atomic E-state index is 0.109. The van der Waals surface area contributed by atoms with Gasteiger partial charge in [0.1, 0.15) is 34.8 Å². The highest BCUT2D eigenvalue weighted by Gasteiger charge is 2.44. The van der Waals surface area contributed by atoms with Crippen molar-refractivity contribution in [2.45, 2.75) is 58.1 Å². The molecule has 1 aliphatic heterocycles. The van der Waals surface area contributed by atoms with E-state index in [1.54, 1.807) is 0 Å². The van der Waals surface area contributed by atoms with E-state index in [-0.39, 0.29) is 12.0 Å². The van der Waals surface area contributed by atoms with Gasteiger partial charge < -0.3 is 10.1 Å². The van der Waals surface area contributed by atoms with Crippen molar-refractivity contribution in [1.82, 2.24) is 5.32 Å². The van der Waals surface area contributed by atoms with Crippen molar-refractivity contribution in [3.05, 3.63) is 91.0 Å². The zero-order valence-corrected chi connectivity index (χ0v) is 22.2. The highest BCUT2D eigenvalue weighted by atomic mass is 31.2. The summed E-state index contributed by atoms with van der Waals surface area (Å²) in [5, 5.41) is 7.71. The number of nitrogens with one attached hydrogen (secondary N) is 1. The lowest BCUT2D eigenvalue weighted by atomic mass is 9.89. The second-order valence-electron chi connectivity index (χ2n) is 10.6. The summed E-state index contributed by atoms with van der Waals surface area (Å²) in [6.45, 7) is 6.69. The quantitative estimate of drug-likeness (QED) is 0.338. The fraction of sp³-hybridized carbons (Fsp3) is 0.387. The van der Waals surface area contributed by atoms with Crippen molar-refractivity contribution in [1.29, 1.82) is 0 Å². The summed E-state index contributed by atoms with van der Waals surface area (Å²) in [6.07, 6.45) is 5.38. The van der Waals surface area contributed by atoms with E-state index in [4.69, 9.17) is 4.74 Å². The number of rotatable bonds is 8. The lowest BCUT2D eigenvalue weighted by Crippen LogP contribution is -2.46. The lowest BCUT2D eigenvalue weighted by Gasteiger charge is -2.32. The number of ether oxygens (including phenoxy) is 1. The van der Waals surface area contributed by atoms with E-state index in [1.807, 2.05) is 20.8 Å². The summed E-state index contributed by atoms with van der Waals surface area (Å²) < 4.78 is 5.66. The number of carbonyl (C=O) groups excluding carboxylic acids is 1. The number of esters is 1. The molecule has 4 heteroatoms. The molecule has 35 heavy (non-hydrogen) atoms. The first-order valence-electron chi connectivity index (χ1n) is 12.9. The monoisotopic (exact) mass is 488 g/mol. The van der Waals surface area contributed by atoms with Crippen molar-refractivity contribution in [2.24, 2.45) is 5.92 Å². The van der Waals surface area contributed by atoms with Gasteiger partial charge in [0.25, 0.3) is 0 Å². The standard InChI is InChI=1S/C31H39NO2P/c1-31(2,3)34-30(33)29-24-25(21-22-32-29)14-13-23-35(26-15-7-4-8-16-26,27-17-9-5-10-18-27)28-19-11-6-12-20-28/h4-12,15-20,25,29,32H,13-14,21-24H2,1-3H3/q+1/t25?,29-/m0/s1. The van der Waals surface area contributed by atoms with E-state index in [9.17, 15) is 4.79 Å². The summed E-state index contributed by atoms with van der Waals surface area (Å²) in [6, 6.07) is 33.1. The third kappa shape index (κ3) is 6.40. The predicted octanol–water partition coefficient (Wildman–Crippen LogP) is 5.47. The molecule has 0 saturated carbocycles. The van der Waals surface area contributed by atoms with Crippen LogP contribution in [-0.2, 0) is 9.53 Å². The molecule has 0 spiro atoms. The van der Waals surface area contributed by atoms with Gasteiger partial charge in [-0.05, 0) is 95.3 Å². The van der Waals surface area contributed by atoms with Gasteiger partial charge in [-0.25, -0.2) is 0 Å². The number of carbonyl (C=O) groups is 1. The zero-order valence-electron chi connectivity index (χ0n) is 21.3.